The SMILES string of the molecule is Cc1cc(N)cnc1NS(=O)(=O)CC1CCCCC1. The summed E-state index contributed by atoms with van der Waals surface area (Å²) in [5, 5.41) is 0. The molecule has 1 heterocycles. The highest BCUT2D eigenvalue weighted by atomic mass is 32.2. The van der Waals surface area contributed by atoms with Crippen molar-refractivity contribution in [3.8, 4) is 0 Å². The topological polar surface area (TPSA) is 85.1 Å². The van der Waals surface area contributed by atoms with Crippen LogP contribution in [0.3, 0.4) is 0 Å². The minimum absolute atomic E-state index is 0.193. The Balaban J connectivity index is 2.03. The van der Waals surface area contributed by atoms with Gasteiger partial charge in [-0.05, 0) is 37.3 Å². The van der Waals surface area contributed by atoms with E-state index in [1.54, 1.807) is 13.0 Å². The van der Waals surface area contributed by atoms with Crippen LogP contribution in [0, 0.1) is 12.8 Å². The number of nitrogens with zero attached hydrogens (tertiary/aromatic N) is 1. The van der Waals surface area contributed by atoms with E-state index in [1.165, 1.54) is 12.6 Å². The van der Waals surface area contributed by atoms with Crippen molar-refractivity contribution in [3.05, 3.63) is 17.8 Å². The van der Waals surface area contributed by atoms with Crippen molar-refractivity contribution < 1.29 is 8.42 Å². The molecule has 5 nitrogen and oxygen atoms in total. The van der Waals surface area contributed by atoms with Crippen molar-refractivity contribution in [2.24, 2.45) is 5.92 Å². The number of pyridine rings is 1. The zero-order valence-corrected chi connectivity index (χ0v) is 12.0. The van der Waals surface area contributed by atoms with Crippen LogP contribution in [-0.2, 0) is 10.0 Å². The number of nitrogens with two attached hydrogens (primary N) is 1. The van der Waals surface area contributed by atoms with Crippen molar-refractivity contribution in [1.82, 2.24) is 4.98 Å². The van der Waals surface area contributed by atoms with E-state index >= 15 is 0 Å². The maximum absolute atomic E-state index is 12.1. The van der Waals surface area contributed by atoms with Crippen LogP contribution >= 0.6 is 0 Å². The zero-order valence-electron chi connectivity index (χ0n) is 11.2. The number of anilines is 2. The highest BCUT2D eigenvalue weighted by Gasteiger charge is 2.22. The molecule has 0 atom stereocenters. The number of nitrogens with one attached hydrogen (secondary N) is 1. The molecular formula is C13H21N3O2S. The smallest absolute Gasteiger partial charge is 0.234 e. The van der Waals surface area contributed by atoms with Crippen LogP contribution in [0.15, 0.2) is 12.3 Å². The van der Waals surface area contributed by atoms with Gasteiger partial charge in [0.05, 0.1) is 17.6 Å². The average Bonchev–Trinajstić information content (AvgIpc) is 2.33. The number of hydrogen-bond donors (Lipinski definition) is 2. The lowest BCUT2D eigenvalue weighted by atomic mass is 9.91. The fourth-order valence-electron chi connectivity index (χ4n) is 2.56. The molecule has 1 aromatic heterocycles. The molecule has 2 rings (SSSR count). The highest BCUT2D eigenvalue weighted by molar-refractivity contribution is 7.92. The Morgan fingerprint density at radius 1 is 1.37 bits per heavy atom. The fourth-order valence-corrected chi connectivity index (χ4v) is 4.10. The third kappa shape index (κ3) is 4.09. The van der Waals surface area contributed by atoms with Crippen molar-refractivity contribution >= 4 is 21.5 Å². The summed E-state index contributed by atoms with van der Waals surface area (Å²) < 4.78 is 26.8. The lowest BCUT2D eigenvalue weighted by Crippen LogP contribution is -2.25. The summed E-state index contributed by atoms with van der Waals surface area (Å²) in [6, 6.07) is 1.71. The quantitative estimate of drug-likeness (QED) is 0.888. The van der Waals surface area contributed by atoms with Gasteiger partial charge in [-0.25, -0.2) is 13.4 Å². The number of nitrogen functional groups attached to an aromatic ring is 1. The number of aryl methyl sites for hydroxylation is 1. The summed E-state index contributed by atoms with van der Waals surface area (Å²) in [5.74, 6) is 0.851. The van der Waals surface area contributed by atoms with Crippen LogP contribution in [-0.4, -0.2) is 19.2 Å². The number of hydrogen-bond acceptors (Lipinski definition) is 4. The van der Waals surface area contributed by atoms with Crippen LogP contribution in [0.25, 0.3) is 0 Å². The Morgan fingerprint density at radius 2 is 2.05 bits per heavy atom. The maximum atomic E-state index is 12.1. The Bertz CT molecular complexity index is 537. The van der Waals surface area contributed by atoms with Crippen LogP contribution in [0.4, 0.5) is 11.5 Å². The molecule has 0 spiro atoms. The standard InChI is InChI=1S/C13H21N3O2S/c1-10-7-12(14)8-15-13(10)16-19(17,18)9-11-5-3-2-4-6-11/h7-8,11H,2-6,9,14H2,1H3,(H,15,16). The van der Waals surface area contributed by atoms with Crippen molar-refractivity contribution in [2.75, 3.05) is 16.2 Å². The normalized spacial score (nSPS) is 17.3. The third-order valence-corrected chi connectivity index (χ3v) is 4.95. The molecule has 0 bridgehead atoms. The molecule has 1 aromatic rings. The van der Waals surface area contributed by atoms with Gasteiger partial charge < -0.3 is 5.73 Å². The summed E-state index contributed by atoms with van der Waals surface area (Å²) in [5.41, 5.74) is 6.88. The Morgan fingerprint density at radius 3 is 2.68 bits per heavy atom. The molecule has 0 aromatic carbocycles. The van der Waals surface area contributed by atoms with Crippen molar-refractivity contribution in [1.29, 1.82) is 0 Å². The minimum atomic E-state index is -3.32. The molecule has 106 valence electrons. The molecule has 19 heavy (non-hydrogen) atoms. The summed E-state index contributed by atoms with van der Waals surface area (Å²) >= 11 is 0. The van der Waals surface area contributed by atoms with E-state index in [2.05, 4.69) is 9.71 Å². The predicted molar refractivity (Wildman–Crippen MR) is 77.4 cm³/mol. The first-order valence-corrected chi connectivity index (χ1v) is 8.34. The van der Waals surface area contributed by atoms with Crippen molar-refractivity contribution in [3.63, 3.8) is 0 Å². The van der Waals surface area contributed by atoms with Gasteiger partial charge in [0.15, 0.2) is 0 Å². The molecule has 0 aliphatic heterocycles. The molecule has 0 saturated heterocycles. The second-order valence-corrected chi connectivity index (χ2v) is 7.09. The summed E-state index contributed by atoms with van der Waals surface area (Å²) in [6.45, 7) is 1.79. The highest BCUT2D eigenvalue weighted by Crippen LogP contribution is 2.25. The summed E-state index contributed by atoms with van der Waals surface area (Å²) in [4.78, 5) is 4.04. The first-order chi connectivity index (χ1) is 8.96. The van der Waals surface area contributed by atoms with E-state index in [9.17, 15) is 8.42 Å². The van der Waals surface area contributed by atoms with Crippen LogP contribution in [0.1, 0.15) is 37.7 Å². The molecule has 3 N–H and O–H groups in total. The van der Waals surface area contributed by atoms with Gasteiger partial charge in [-0.1, -0.05) is 19.3 Å². The van der Waals surface area contributed by atoms with Crippen LogP contribution in [0.2, 0.25) is 0 Å². The van der Waals surface area contributed by atoms with E-state index in [0.29, 0.717) is 11.5 Å². The van der Waals surface area contributed by atoms with E-state index in [1.807, 2.05) is 0 Å². The second kappa shape index (κ2) is 5.77. The number of aromatic nitrogens is 1. The summed E-state index contributed by atoms with van der Waals surface area (Å²) in [7, 11) is -3.32. The third-order valence-electron chi connectivity index (χ3n) is 3.53. The van der Waals surface area contributed by atoms with Gasteiger partial charge in [-0.3, -0.25) is 4.72 Å². The largest absolute Gasteiger partial charge is 0.397 e. The number of rotatable bonds is 4. The minimum Gasteiger partial charge on any atom is -0.397 e. The first-order valence-electron chi connectivity index (χ1n) is 6.69. The van der Waals surface area contributed by atoms with Gasteiger partial charge in [0, 0.05) is 0 Å². The molecule has 1 saturated carbocycles. The fraction of sp³-hybridized carbons (Fsp3) is 0.615. The van der Waals surface area contributed by atoms with E-state index in [4.69, 9.17) is 5.73 Å². The van der Waals surface area contributed by atoms with Gasteiger partial charge >= 0.3 is 0 Å². The first kappa shape index (κ1) is 14.1. The van der Waals surface area contributed by atoms with Gasteiger partial charge in [-0.15, -0.1) is 0 Å². The van der Waals surface area contributed by atoms with Gasteiger partial charge in [0.25, 0.3) is 0 Å². The van der Waals surface area contributed by atoms with Crippen LogP contribution in [0.5, 0.6) is 0 Å². The van der Waals surface area contributed by atoms with Gasteiger partial charge in [0.2, 0.25) is 10.0 Å². The molecule has 0 unspecified atom stereocenters. The van der Waals surface area contributed by atoms with E-state index in [-0.39, 0.29) is 11.7 Å². The zero-order chi connectivity index (χ0) is 13.9. The molecule has 1 aliphatic carbocycles. The lowest BCUT2D eigenvalue weighted by Gasteiger charge is -2.21. The molecule has 6 heteroatoms. The van der Waals surface area contributed by atoms with E-state index in [0.717, 1.165) is 31.2 Å². The van der Waals surface area contributed by atoms with E-state index < -0.39 is 10.0 Å². The predicted octanol–water partition coefficient (Wildman–Crippen LogP) is 2.29. The monoisotopic (exact) mass is 283 g/mol. The Hall–Kier alpha value is -1.30. The molecule has 1 aliphatic rings. The molecule has 1 fully saturated rings. The van der Waals surface area contributed by atoms with Crippen LogP contribution < -0.4 is 10.5 Å². The molecule has 0 radical (unpaired) electrons. The Kier molecular flexibility index (Phi) is 4.29. The molecular weight excluding hydrogens is 262 g/mol. The lowest BCUT2D eigenvalue weighted by molar-refractivity contribution is 0.385. The maximum Gasteiger partial charge on any atom is 0.234 e. The second-order valence-electron chi connectivity index (χ2n) is 5.32. The molecule has 0 amide bonds. The number of sulfonamides is 1. The Labute approximate surface area is 114 Å². The van der Waals surface area contributed by atoms with Gasteiger partial charge in [0.1, 0.15) is 5.82 Å². The summed E-state index contributed by atoms with van der Waals surface area (Å²) in [6.07, 6.45) is 6.98. The van der Waals surface area contributed by atoms with Gasteiger partial charge in [-0.2, -0.15) is 0 Å². The average molecular weight is 283 g/mol. The van der Waals surface area contributed by atoms with Crippen molar-refractivity contribution in [2.45, 2.75) is 39.0 Å².